The van der Waals surface area contributed by atoms with Gasteiger partial charge in [0.15, 0.2) is 0 Å². The van der Waals surface area contributed by atoms with Crippen molar-refractivity contribution in [3.8, 4) is 5.75 Å². The minimum absolute atomic E-state index is 0.265. The van der Waals surface area contributed by atoms with Gasteiger partial charge in [0, 0.05) is 12.1 Å². The summed E-state index contributed by atoms with van der Waals surface area (Å²) in [4.78, 5) is 14.7. The Morgan fingerprint density at radius 2 is 1.90 bits per heavy atom. The first kappa shape index (κ1) is 21.1. The Bertz CT molecular complexity index is 1020. The van der Waals surface area contributed by atoms with Crippen LogP contribution < -0.4 is 10.1 Å². The van der Waals surface area contributed by atoms with Crippen LogP contribution in [0.3, 0.4) is 0 Å². The third kappa shape index (κ3) is 4.80. The van der Waals surface area contributed by atoms with Gasteiger partial charge < -0.3 is 19.7 Å². The number of nitrogens with zero attached hydrogens (tertiary/aromatic N) is 1. The Hall–Kier alpha value is -3.12. The summed E-state index contributed by atoms with van der Waals surface area (Å²) in [5.74, 6) is 0.754. The van der Waals surface area contributed by atoms with Crippen LogP contribution in [0.4, 0.5) is 10.1 Å². The molecule has 6 heteroatoms. The second-order valence-corrected chi connectivity index (χ2v) is 7.67. The first-order valence-corrected chi connectivity index (χ1v) is 10.7. The van der Waals surface area contributed by atoms with E-state index in [4.69, 9.17) is 9.47 Å². The summed E-state index contributed by atoms with van der Waals surface area (Å²) in [6.45, 7) is 8.38. The number of likely N-dealkylation sites (N-methyl/N-ethyl adjacent to an activating group) is 1. The van der Waals surface area contributed by atoms with E-state index < -0.39 is 0 Å². The van der Waals surface area contributed by atoms with E-state index in [9.17, 15) is 9.18 Å². The Labute approximate surface area is 182 Å². The van der Waals surface area contributed by atoms with E-state index in [0.29, 0.717) is 35.8 Å². The molecule has 0 atom stereocenters. The van der Waals surface area contributed by atoms with Crippen molar-refractivity contribution < 1.29 is 18.7 Å². The Morgan fingerprint density at radius 3 is 2.65 bits per heavy atom. The van der Waals surface area contributed by atoms with Gasteiger partial charge in [-0.05, 0) is 67.1 Å². The molecular weight excluding hydrogens is 395 g/mol. The molecule has 2 aliphatic heterocycles. The molecule has 0 aliphatic carbocycles. The number of nitrogens with one attached hydrogen (secondary N) is 1. The number of hydrogen-bond donors (Lipinski definition) is 1. The van der Waals surface area contributed by atoms with Gasteiger partial charge in [-0.15, -0.1) is 0 Å². The number of halogens is 1. The molecule has 0 spiro atoms. The molecule has 0 aromatic heterocycles. The number of benzene rings is 2. The zero-order valence-corrected chi connectivity index (χ0v) is 17.9. The first-order valence-electron chi connectivity index (χ1n) is 10.7. The summed E-state index contributed by atoms with van der Waals surface area (Å²) >= 11 is 0. The third-order valence-electron chi connectivity index (χ3n) is 5.65. The van der Waals surface area contributed by atoms with Crippen LogP contribution in [0.1, 0.15) is 25.0 Å². The molecule has 2 aromatic carbocycles. The number of hydrogen-bond acceptors (Lipinski definition) is 4. The van der Waals surface area contributed by atoms with E-state index in [1.54, 1.807) is 6.07 Å². The molecule has 4 rings (SSSR count). The van der Waals surface area contributed by atoms with Crippen LogP contribution in [0, 0.1) is 5.82 Å². The average Bonchev–Trinajstić information content (AvgIpc) is 3.35. The predicted molar refractivity (Wildman–Crippen MR) is 119 cm³/mol. The number of carbonyl (C=O) groups is 1. The number of ether oxygens (including phenoxy) is 2. The molecule has 1 amide bonds. The van der Waals surface area contributed by atoms with Crippen molar-refractivity contribution in [1.82, 2.24) is 4.90 Å². The van der Waals surface area contributed by atoms with E-state index in [1.165, 1.54) is 12.1 Å². The maximum atomic E-state index is 13.4. The number of fused-ring (bicyclic) bond motifs is 1. The van der Waals surface area contributed by atoms with Gasteiger partial charge in [0.1, 0.15) is 30.5 Å². The number of rotatable bonds is 8. The summed E-state index contributed by atoms with van der Waals surface area (Å²) in [5.41, 5.74) is 3.85. The molecule has 0 bridgehead atoms. The van der Waals surface area contributed by atoms with Gasteiger partial charge in [-0.2, -0.15) is 0 Å². The van der Waals surface area contributed by atoms with Gasteiger partial charge in [0.05, 0.1) is 11.3 Å². The fourth-order valence-corrected chi connectivity index (χ4v) is 3.87. The van der Waals surface area contributed by atoms with Crippen molar-refractivity contribution in [2.45, 2.75) is 20.3 Å². The molecule has 0 saturated heterocycles. The van der Waals surface area contributed by atoms with Crippen molar-refractivity contribution >= 4 is 17.2 Å². The van der Waals surface area contributed by atoms with Crippen LogP contribution in [0.5, 0.6) is 5.75 Å². The van der Waals surface area contributed by atoms with Crippen LogP contribution in [0.25, 0.3) is 5.57 Å². The van der Waals surface area contributed by atoms with Crippen LogP contribution >= 0.6 is 0 Å². The minimum Gasteiger partial charge on any atom is -0.492 e. The minimum atomic E-state index is -0.380. The number of amides is 1. The lowest BCUT2D eigenvalue weighted by Gasteiger charge is -2.18. The fraction of sp³-hybridized carbons (Fsp3) is 0.320. The molecular formula is C25H27FN2O3. The van der Waals surface area contributed by atoms with E-state index in [0.717, 1.165) is 42.9 Å². The summed E-state index contributed by atoms with van der Waals surface area (Å²) < 4.78 is 25.1. The van der Waals surface area contributed by atoms with Gasteiger partial charge in [0.25, 0.3) is 5.91 Å². The lowest BCUT2D eigenvalue weighted by Crippen LogP contribution is -2.27. The maximum absolute atomic E-state index is 13.4. The standard InChI is InChI=1S/C25H27FN2O3/c1-3-28(4-2)11-12-30-20-8-5-17(6-9-20)13-18-14-23(31-16-18)24-21-10-7-19(26)15-22(21)27-25(24)29/h5-10,14-15H,3-4,11-13,16H2,1-2H3,(H,27,29)/b24-23+. The summed E-state index contributed by atoms with van der Waals surface area (Å²) in [5, 5.41) is 2.70. The Balaban J connectivity index is 1.40. The molecule has 0 radical (unpaired) electrons. The van der Waals surface area contributed by atoms with E-state index in [2.05, 4.69) is 36.2 Å². The van der Waals surface area contributed by atoms with Crippen molar-refractivity contribution in [1.29, 1.82) is 0 Å². The second kappa shape index (κ2) is 9.35. The fourth-order valence-electron chi connectivity index (χ4n) is 3.87. The van der Waals surface area contributed by atoms with Crippen LogP contribution in [-0.2, 0) is 16.0 Å². The van der Waals surface area contributed by atoms with Gasteiger partial charge in [-0.25, -0.2) is 4.39 Å². The molecule has 0 unspecified atom stereocenters. The molecule has 162 valence electrons. The zero-order chi connectivity index (χ0) is 21.8. The highest BCUT2D eigenvalue weighted by Crippen LogP contribution is 2.37. The van der Waals surface area contributed by atoms with E-state index in [-0.39, 0.29) is 11.7 Å². The largest absolute Gasteiger partial charge is 0.492 e. The summed E-state index contributed by atoms with van der Waals surface area (Å²) in [6.07, 6.45) is 2.65. The summed E-state index contributed by atoms with van der Waals surface area (Å²) in [7, 11) is 0. The monoisotopic (exact) mass is 422 g/mol. The van der Waals surface area contributed by atoms with Gasteiger partial charge >= 0.3 is 0 Å². The van der Waals surface area contributed by atoms with Crippen LogP contribution in [0.2, 0.25) is 0 Å². The third-order valence-corrected chi connectivity index (χ3v) is 5.65. The lowest BCUT2D eigenvalue weighted by molar-refractivity contribution is -0.110. The van der Waals surface area contributed by atoms with Crippen molar-refractivity contribution in [3.05, 3.63) is 76.8 Å². The van der Waals surface area contributed by atoms with Crippen LogP contribution in [0.15, 0.2) is 59.9 Å². The highest BCUT2D eigenvalue weighted by Gasteiger charge is 2.30. The highest BCUT2D eigenvalue weighted by molar-refractivity contribution is 6.32. The van der Waals surface area contributed by atoms with Gasteiger partial charge in [0.2, 0.25) is 0 Å². The average molecular weight is 423 g/mol. The number of anilines is 1. The molecule has 0 saturated carbocycles. The number of carbonyl (C=O) groups excluding carboxylic acids is 1. The van der Waals surface area contributed by atoms with Gasteiger partial charge in [-0.3, -0.25) is 4.79 Å². The first-order chi connectivity index (χ1) is 15.1. The molecule has 2 heterocycles. The second-order valence-electron chi connectivity index (χ2n) is 7.67. The smallest absolute Gasteiger partial charge is 0.260 e. The maximum Gasteiger partial charge on any atom is 0.260 e. The molecule has 2 aromatic rings. The quantitative estimate of drug-likeness (QED) is 0.641. The Kier molecular flexibility index (Phi) is 6.37. The zero-order valence-electron chi connectivity index (χ0n) is 17.9. The normalized spacial score (nSPS) is 17.4. The molecule has 1 N–H and O–H groups in total. The molecule has 31 heavy (non-hydrogen) atoms. The summed E-state index contributed by atoms with van der Waals surface area (Å²) in [6, 6.07) is 12.4. The van der Waals surface area contributed by atoms with Crippen molar-refractivity contribution in [2.75, 3.05) is 38.2 Å². The Morgan fingerprint density at radius 1 is 1.13 bits per heavy atom. The lowest BCUT2D eigenvalue weighted by atomic mass is 10.0. The SMILES string of the molecule is CCN(CC)CCOc1ccc(CC2=C/C(=C3\C(=O)Nc4cc(F)ccc43)OC2)cc1. The van der Waals surface area contributed by atoms with Crippen molar-refractivity contribution in [2.24, 2.45) is 0 Å². The van der Waals surface area contributed by atoms with Crippen molar-refractivity contribution in [3.63, 3.8) is 0 Å². The molecule has 5 nitrogen and oxygen atoms in total. The molecule has 2 aliphatic rings. The van der Waals surface area contributed by atoms with Gasteiger partial charge in [-0.1, -0.05) is 26.0 Å². The van der Waals surface area contributed by atoms with E-state index in [1.807, 2.05) is 18.2 Å². The predicted octanol–water partition coefficient (Wildman–Crippen LogP) is 4.41. The molecule has 0 fully saturated rings. The van der Waals surface area contributed by atoms with Crippen LogP contribution in [-0.4, -0.2) is 43.7 Å². The number of allylic oxidation sites excluding steroid dienone is 1. The van der Waals surface area contributed by atoms with E-state index >= 15 is 0 Å². The topological polar surface area (TPSA) is 50.8 Å². The highest BCUT2D eigenvalue weighted by atomic mass is 19.1.